The zero-order chi connectivity index (χ0) is 20.7. The maximum atomic E-state index is 13.0. The molecular formula is C20H11N5O3S2. The molecule has 0 spiro atoms. The van der Waals surface area contributed by atoms with Crippen molar-refractivity contribution in [3.8, 4) is 0 Å². The number of para-hydroxylation sites is 2. The van der Waals surface area contributed by atoms with Crippen LogP contribution in [0.1, 0.15) is 5.56 Å². The van der Waals surface area contributed by atoms with Gasteiger partial charge in [0, 0.05) is 29.4 Å². The van der Waals surface area contributed by atoms with Crippen molar-refractivity contribution >= 4 is 50.9 Å². The molecule has 0 fully saturated rings. The maximum absolute atomic E-state index is 13.0. The number of hydrogen-bond acceptors (Lipinski definition) is 8. The highest BCUT2D eigenvalue weighted by atomic mass is 32.2. The first kappa shape index (κ1) is 18.4. The Morgan fingerprint density at radius 3 is 2.70 bits per heavy atom. The number of aromatic nitrogens is 4. The van der Waals surface area contributed by atoms with Gasteiger partial charge in [-0.2, -0.15) is 0 Å². The van der Waals surface area contributed by atoms with Gasteiger partial charge in [-0.15, -0.1) is 0 Å². The van der Waals surface area contributed by atoms with Crippen LogP contribution in [0.25, 0.3) is 22.1 Å². The van der Waals surface area contributed by atoms with E-state index in [0.29, 0.717) is 25.1 Å². The quantitative estimate of drug-likeness (QED) is 0.243. The lowest BCUT2D eigenvalue weighted by Gasteiger charge is -2.04. The molecule has 0 radical (unpaired) electrons. The van der Waals surface area contributed by atoms with Gasteiger partial charge in [0.25, 0.3) is 11.2 Å². The molecule has 0 bridgehead atoms. The third kappa shape index (κ3) is 3.21. The second-order valence-corrected chi connectivity index (χ2v) is 8.27. The largest absolute Gasteiger partial charge is 0.274 e. The van der Waals surface area contributed by atoms with Crippen LogP contribution in [-0.2, 0) is 0 Å². The molecule has 0 aliphatic heterocycles. The molecule has 0 amide bonds. The van der Waals surface area contributed by atoms with Crippen LogP contribution in [0.5, 0.6) is 0 Å². The van der Waals surface area contributed by atoms with E-state index in [1.807, 2.05) is 24.3 Å². The molecule has 3 heterocycles. The summed E-state index contributed by atoms with van der Waals surface area (Å²) in [6, 6.07) is 13.6. The van der Waals surface area contributed by atoms with Crippen LogP contribution in [0.15, 0.2) is 75.8 Å². The summed E-state index contributed by atoms with van der Waals surface area (Å²) < 4.78 is 2.01. The van der Waals surface area contributed by atoms with Crippen molar-refractivity contribution in [1.82, 2.24) is 19.4 Å². The number of fused-ring (bicyclic) bond motifs is 3. The fourth-order valence-electron chi connectivity index (χ4n) is 3.04. The zero-order valence-corrected chi connectivity index (χ0v) is 16.8. The summed E-state index contributed by atoms with van der Waals surface area (Å²) in [7, 11) is 0. The molecule has 2 aromatic carbocycles. The molecule has 10 heteroatoms. The normalized spacial score (nSPS) is 12.1. The molecule has 0 unspecified atom stereocenters. The van der Waals surface area contributed by atoms with Crippen molar-refractivity contribution in [2.45, 2.75) is 10.1 Å². The number of imidazole rings is 1. The summed E-state index contributed by atoms with van der Waals surface area (Å²) in [4.78, 5) is 38.0. The summed E-state index contributed by atoms with van der Waals surface area (Å²) >= 11 is 2.52. The summed E-state index contributed by atoms with van der Waals surface area (Å²) in [5.41, 5.74) is 1.77. The Morgan fingerprint density at radius 2 is 1.90 bits per heavy atom. The van der Waals surface area contributed by atoms with Gasteiger partial charge in [0.2, 0.25) is 0 Å². The predicted molar refractivity (Wildman–Crippen MR) is 115 cm³/mol. The van der Waals surface area contributed by atoms with E-state index in [0.717, 1.165) is 11.0 Å². The van der Waals surface area contributed by atoms with Gasteiger partial charge in [0.05, 0.1) is 20.5 Å². The van der Waals surface area contributed by atoms with E-state index < -0.39 is 4.92 Å². The molecular weight excluding hydrogens is 422 g/mol. The molecule has 5 rings (SSSR count). The molecule has 0 atom stereocenters. The van der Waals surface area contributed by atoms with Gasteiger partial charge in [0.1, 0.15) is 0 Å². The van der Waals surface area contributed by atoms with Crippen molar-refractivity contribution in [3.63, 3.8) is 0 Å². The average Bonchev–Trinajstić information content (AvgIpc) is 3.26. The molecule has 0 aliphatic carbocycles. The number of nitro benzene ring substituents is 1. The van der Waals surface area contributed by atoms with Crippen LogP contribution in [0.4, 0.5) is 5.69 Å². The maximum Gasteiger partial charge on any atom is 0.274 e. The first-order valence-electron chi connectivity index (χ1n) is 8.75. The summed E-state index contributed by atoms with van der Waals surface area (Å²) in [5, 5.41) is 11.8. The van der Waals surface area contributed by atoms with E-state index in [2.05, 4.69) is 15.0 Å². The molecule has 0 saturated carbocycles. The van der Waals surface area contributed by atoms with Crippen molar-refractivity contribution in [2.75, 3.05) is 0 Å². The van der Waals surface area contributed by atoms with Gasteiger partial charge < -0.3 is 0 Å². The summed E-state index contributed by atoms with van der Waals surface area (Å²) in [6.07, 6.45) is 4.91. The van der Waals surface area contributed by atoms with E-state index in [1.54, 1.807) is 35.0 Å². The highest BCUT2D eigenvalue weighted by molar-refractivity contribution is 7.99. The van der Waals surface area contributed by atoms with Gasteiger partial charge in [-0.1, -0.05) is 23.5 Å². The minimum absolute atomic E-state index is 0.0567. The lowest BCUT2D eigenvalue weighted by molar-refractivity contribution is -0.384. The molecule has 0 aliphatic rings. The predicted octanol–water partition coefficient (Wildman–Crippen LogP) is 3.31. The Hall–Kier alpha value is -3.63. The fourth-order valence-corrected chi connectivity index (χ4v) is 4.82. The van der Waals surface area contributed by atoms with E-state index in [4.69, 9.17) is 0 Å². The third-order valence-electron chi connectivity index (χ3n) is 4.38. The second-order valence-electron chi connectivity index (χ2n) is 6.25. The monoisotopic (exact) mass is 433 g/mol. The third-order valence-corrected chi connectivity index (χ3v) is 6.33. The highest BCUT2D eigenvalue weighted by Gasteiger charge is 2.14. The number of thiazole rings is 1. The first-order valence-corrected chi connectivity index (χ1v) is 10.4. The van der Waals surface area contributed by atoms with Gasteiger partial charge in [0.15, 0.2) is 10.1 Å². The SMILES string of the molecule is O=c1/c(=C\c2cc([N+](=O)[O-])ccc2Sc2ncccn2)sc2nc3ccccc3n12. The minimum Gasteiger partial charge on any atom is -0.267 e. The van der Waals surface area contributed by atoms with Crippen molar-refractivity contribution in [3.05, 3.63) is 91.5 Å². The number of benzene rings is 2. The van der Waals surface area contributed by atoms with Crippen LogP contribution >= 0.6 is 23.1 Å². The number of non-ortho nitro benzene ring substituents is 1. The highest BCUT2D eigenvalue weighted by Crippen LogP contribution is 2.31. The molecule has 0 N–H and O–H groups in total. The summed E-state index contributed by atoms with van der Waals surface area (Å²) in [6.45, 7) is 0. The number of nitrogens with zero attached hydrogens (tertiary/aromatic N) is 5. The Kier molecular flexibility index (Phi) is 4.49. The van der Waals surface area contributed by atoms with Crippen molar-refractivity contribution in [2.24, 2.45) is 0 Å². The molecule has 30 heavy (non-hydrogen) atoms. The van der Waals surface area contributed by atoms with E-state index >= 15 is 0 Å². The minimum atomic E-state index is -0.461. The van der Waals surface area contributed by atoms with E-state index in [1.165, 1.54) is 35.2 Å². The van der Waals surface area contributed by atoms with E-state index in [-0.39, 0.29) is 11.2 Å². The zero-order valence-electron chi connectivity index (χ0n) is 15.1. The van der Waals surface area contributed by atoms with Crippen molar-refractivity contribution in [1.29, 1.82) is 0 Å². The van der Waals surface area contributed by atoms with Gasteiger partial charge in [-0.25, -0.2) is 19.4 Å². The van der Waals surface area contributed by atoms with Crippen LogP contribution < -0.4 is 10.1 Å². The number of rotatable bonds is 4. The van der Waals surface area contributed by atoms with Crippen LogP contribution in [0.2, 0.25) is 0 Å². The first-order chi connectivity index (χ1) is 14.6. The lowest BCUT2D eigenvalue weighted by Crippen LogP contribution is -2.22. The number of hydrogen-bond donors (Lipinski definition) is 0. The lowest BCUT2D eigenvalue weighted by atomic mass is 10.2. The Bertz CT molecular complexity index is 1530. The topological polar surface area (TPSA) is 103 Å². The summed E-state index contributed by atoms with van der Waals surface area (Å²) in [5.74, 6) is 0. The molecule has 0 saturated heterocycles. The average molecular weight is 433 g/mol. The number of nitro groups is 1. The molecule has 3 aromatic heterocycles. The van der Waals surface area contributed by atoms with Gasteiger partial charge in [-0.05, 0) is 47.7 Å². The van der Waals surface area contributed by atoms with Gasteiger partial charge >= 0.3 is 0 Å². The second kappa shape index (κ2) is 7.32. The standard InChI is InChI=1S/C20H11N5O3S2/c26-18-17(30-20-23-14-4-1-2-5-15(14)24(18)20)11-12-10-13(25(27)28)6-7-16(12)29-19-21-8-3-9-22-19/h1-11H/b17-11+. The fraction of sp³-hybridized carbons (Fsp3) is 0. The van der Waals surface area contributed by atoms with Crippen LogP contribution in [0.3, 0.4) is 0 Å². The Morgan fingerprint density at radius 1 is 1.10 bits per heavy atom. The van der Waals surface area contributed by atoms with Crippen molar-refractivity contribution < 1.29 is 4.92 Å². The van der Waals surface area contributed by atoms with Crippen LogP contribution in [0, 0.1) is 10.1 Å². The van der Waals surface area contributed by atoms with Gasteiger partial charge in [-0.3, -0.25) is 14.9 Å². The smallest absolute Gasteiger partial charge is 0.267 e. The Labute approximate surface area is 176 Å². The van der Waals surface area contributed by atoms with Crippen LogP contribution in [-0.4, -0.2) is 24.3 Å². The Balaban J connectivity index is 1.70. The molecule has 8 nitrogen and oxygen atoms in total. The molecule has 5 aromatic rings. The van der Waals surface area contributed by atoms with E-state index in [9.17, 15) is 14.9 Å². The molecule has 146 valence electrons.